The van der Waals surface area contributed by atoms with Gasteiger partial charge in [0.2, 0.25) is 0 Å². The topological polar surface area (TPSA) is 46.2 Å². The summed E-state index contributed by atoms with van der Waals surface area (Å²) in [6.45, 7) is 0. The standard InChI is InChI=1S/C13H10BrClFNO/c14-8-5-6-9(15)11(12(8)17)13(18)7-3-1-2-4-10(7)16/h1-6,13,18H,17H2. The van der Waals surface area contributed by atoms with Crippen LogP contribution >= 0.6 is 27.5 Å². The molecule has 0 spiro atoms. The van der Waals surface area contributed by atoms with Gasteiger partial charge in [0.15, 0.2) is 0 Å². The molecular weight excluding hydrogens is 321 g/mol. The molecule has 94 valence electrons. The van der Waals surface area contributed by atoms with Crippen LogP contribution in [0.1, 0.15) is 17.2 Å². The molecule has 0 aliphatic heterocycles. The lowest BCUT2D eigenvalue weighted by Gasteiger charge is -2.17. The smallest absolute Gasteiger partial charge is 0.129 e. The molecule has 0 heterocycles. The molecule has 0 aromatic heterocycles. The van der Waals surface area contributed by atoms with Gasteiger partial charge in [-0.1, -0.05) is 29.8 Å². The Bertz CT molecular complexity index is 591. The van der Waals surface area contributed by atoms with Gasteiger partial charge in [-0.05, 0) is 34.1 Å². The van der Waals surface area contributed by atoms with Crippen molar-refractivity contribution in [2.45, 2.75) is 6.10 Å². The number of hydrogen-bond acceptors (Lipinski definition) is 2. The van der Waals surface area contributed by atoms with Crippen LogP contribution in [0.2, 0.25) is 5.02 Å². The fraction of sp³-hybridized carbons (Fsp3) is 0.0769. The van der Waals surface area contributed by atoms with Gasteiger partial charge in [0.05, 0.1) is 5.69 Å². The maximum atomic E-state index is 13.6. The summed E-state index contributed by atoms with van der Waals surface area (Å²) >= 11 is 9.27. The molecule has 5 heteroatoms. The molecule has 2 aromatic carbocycles. The minimum absolute atomic E-state index is 0.143. The van der Waals surface area contributed by atoms with Gasteiger partial charge in [-0.15, -0.1) is 0 Å². The maximum absolute atomic E-state index is 13.6. The third-order valence-corrected chi connectivity index (χ3v) is 3.68. The molecule has 18 heavy (non-hydrogen) atoms. The molecule has 0 amide bonds. The van der Waals surface area contributed by atoms with Crippen molar-refractivity contribution in [1.82, 2.24) is 0 Å². The Balaban J connectivity index is 2.56. The molecule has 1 atom stereocenters. The number of aliphatic hydroxyl groups excluding tert-OH is 1. The molecule has 0 saturated carbocycles. The SMILES string of the molecule is Nc1c(Br)ccc(Cl)c1C(O)c1ccccc1F. The van der Waals surface area contributed by atoms with Crippen molar-refractivity contribution in [3.05, 3.63) is 62.8 Å². The molecular formula is C13H10BrClFNO. The van der Waals surface area contributed by atoms with Crippen LogP contribution in [-0.2, 0) is 0 Å². The van der Waals surface area contributed by atoms with E-state index in [0.717, 1.165) is 0 Å². The zero-order valence-electron chi connectivity index (χ0n) is 9.20. The van der Waals surface area contributed by atoms with Crippen LogP contribution in [0.4, 0.5) is 10.1 Å². The van der Waals surface area contributed by atoms with E-state index in [1.54, 1.807) is 24.3 Å². The maximum Gasteiger partial charge on any atom is 0.129 e. The van der Waals surface area contributed by atoms with E-state index < -0.39 is 11.9 Å². The van der Waals surface area contributed by atoms with Crippen molar-refractivity contribution in [3.8, 4) is 0 Å². The summed E-state index contributed by atoms with van der Waals surface area (Å²) in [5.74, 6) is -0.500. The summed E-state index contributed by atoms with van der Waals surface area (Å²) in [6.07, 6.45) is -1.20. The second-order valence-electron chi connectivity index (χ2n) is 3.78. The minimum Gasteiger partial charge on any atom is -0.397 e. The van der Waals surface area contributed by atoms with Crippen LogP contribution in [0.5, 0.6) is 0 Å². The van der Waals surface area contributed by atoms with Gasteiger partial charge in [-0.3, -0.25) is 0 Å². The molecule has 2 aromatic rings. The van der Waals surface area contributed by atoms with E-state index in [1.807, 2.05) is 0 Å². The van der Waals surface area contributed by atoms with Crippen LogP contribution < -0.4 is 5.73 Å². The van der Waals surface area contributed by atoms with Gasteiger partial charge < -0.3 is 10.8 Å². The number of halogens is 3. The lowest BCUT2D eigenvalue weighted by Crippen LogP contribution is -2.07. The summed E-state index contributed by atoms with van der Waals surface area (Å²) in [5, 5.41) is 10.5. The van der Waals surface area contributed by atoms with Gasteiger partial charge in [-0.2, -0.15) is 0 Å². The molecule has 2 rings (SSSR count). The largest absolute Gasteiger partial charge is 0.397 e. The average Bonchev–Trinajstić information content (AvgIpc) is 2.35. The molecule has 0 aliphatic carbocycles. The van der Waals surface area contributed by atoms with E-state index in [1.165, 1.54) is 12.1 Å². The van der Waals surface area contributed by atoms with Crippen molar-refractivity contribution in [2.75, 3.05) is 5.73 Å². The highest BCUT2D eigenvalue weighted by Gasteiger charge is 2.21. The third kappa shape index (κ3) is 2.36. The van der Waals surface area contributed by atoms with Gasteiger partial charge in [0.1, 0.15) is 11.9 Å². The normalized spacial score (nSPS) is 12.4. The Hall–Kier alpha value is -1.10. The van der Waals surface area contributed by atoms with Crippen LogP contribution in [0.3, 0.4) is 0 Å². The number of hydrogen-bond donors (Lipinski definition) is 2. The number of nitrogen functional groups attached to an aromatic ring is 1. The molecule has 0 saturated heterocycles. The quantitative estimate of drug-likeness (QED) is 0.820. The first-order chi connectivity index (χ1) is 8.52. The first-order valence-corrected chi connectivity index (χ1v) is 6.35. The molecule has 0 fully saturated rings. The predicted molar refractivity (Wildman–Crippen MR) is 74.0 cm³/mol. The van der Waals surface area contributed by atoms with Crippen LogP contribution in [0.15, 0.2) is 40.9 Å². The van der Waals surface area contributed by atoms with E-state index in [-0.39, 0.29) is 5.56 Å². The summed E-state index contributed by atoms with van der Waals surface area (Å²) in [4.78, 5) is 0. The van der Waals surface area contributed by atoms with Crippen molar-refractivity contribution in [1.29, 1.82) is 0 Å². The van der Waals surface area contributed by atoms with Crippen LogP contribution in [0, 0.1) is 5.82 Å². The fourth-order valence-corrected chi connectivity index (χ4v) is 2.33. The summed E-state index contributed by atoms with van der Waals surface area (Å²) in [5.41, 5.74) is 6.61. The minimum atomic E-state index is -1.20. The zero-order chi connectivity index (χ0) is 13.3. The number of anilines is 1. The van der Waals surface area contributed by atoms with Gasteiger partial charge in [0, 0.05) is 20.6 Å². The van der Waals surface area contributed by atoms with Gasteiger partial charge in [0.25, 0.3) is 0 Å². The Morgan fingerprint density at radius 1 is 1.22 bits per heavy atom. The third-order valence-electron chi connectivity index (χ3n) is 2.65. The van der Waals surface area contributed by atoms with Crippen molar-refractivity contribution >= 4 is 33.2 Å². The molecule has 0 aliphatic rings. The van der Waals surface area contributed by atoms with Crippen molar-refractivity contribution in [3.63, 3.8) is 0 Å². The zero-order valence-corrected chi connectivity index (χ0v) is 11.5. The van der Waals surface area contributed by atoms with Crippen molar-refractivity contribution in [2.24, 2.45) is 0 Å². The van der Waals surface area contributed by atoms with Crippen LogP contribution in [-0.4, -0.2) is 5.11 Å². The number of nitrogens with two attached hydrogens (primary N) is 1. The predicted octanol–water partition coefficient (Wildman–Crippen LogP) is 3.91. The first kappa shape index (κ1) is 13.3. The lowest BCUT2D eigenvalue weighted by molar-refractivity contribution is 0.216. The molecule has 0 bridgehead atoms. The highest BCUT2D eigenvalue weighted by atomic mass is 79.9. The second kappa shape index (κ2) is 5.26. The Labute approximate surface area is 117 Å². The highest BCUT2D eigenvalue weighted by molar-refractivity contribution is 9.10. The summed E-state index contributed by atoms with van der Waals surface area (Å²) in [7, 11) is 0. The fourth-order valence-electron chi connectivity index (χ4n) is 1.71. The molecule has 0 radical (unpaired) electrons. The Morgan fingerprint density at radius 2 is 1.89 bits per heavy atom. The second-order valence-corrected chi connectivity index (χ2v) is 5.04. The van der Waals surface area contributed by atoms with E-state index >= 15 is 0 Å². The Morgan fingerprint density at radius 3 is 2.56 bits per heavy atom. The van der Waals surface area contributed by atoms with E-state index in [4.69, 9.17) is 17.3 Å². The average molecular weight is 331 g/mol. The molecule has 3 N–H and O–H groups in total. The van der Waals surface area contributed by atoms with E-state index in [2.05, 4.69) is 15.9 Å². The van der Waals surface area contributed by atoms with E-state index in [9.17, 15) is 9.50 Å². The number of benzene rings is 2. The number of aliphatic hydroxyl groups is 1. The molecule has 1 unspecified atom stereocenters. The van der Waals surface area contributed by atoms with E-state index in [0.29, 0.717) is 20.7 Å². The number of rotatable bonds is 2. The van der Waals surface area contributed by atoms with Crippen LogP contribution in [0.25, 0.3) is 0 Å². The van der Waals surface area contributed by atoms with Crippen molar-refractivity contribution < 1.29 is 9.50 Å². The lowest BCUT2D eigenvalue weighted by atomic mass is 9.99. The summed E-state index contributed by atoms with van der Waals surface area (Å²) < 4.78 is 14.2. The van der Waals surface area contributed by atoms with Gasteiger partial charge >= 0.3 is 0 Å². The Kier molecular flexibility index (Phi) is 3.90. The molecule has 2 nitrogen and oxygen atoms in total. The highest BCUT2D eigenvalue weighted by Crippen LogP contribution is 2.37. The van der Waals surface area contributed by atoms with Gasteiger partial charge in [-0.25, -0.2) is 4.39 Å². The monoisotopic (exact) mass is 329 g/mol. The first-order valence-electron chi connectivity index (χ1n) is 5.18. The summed E-state index contributed by atoms with van der Waals surface area (Å²) in [6, 6.07) is 9.25.